The predicted octanol–water partition coefficient (Wildman–Crippen LogP) is 5.10. The van der Waals surface area contributed by atoms with Crippen LogP contribution in [-0.4, -0.2) is 29.1 Å². The number of carbonyl (C=O) groups excluding carboxylic acids is 1. The van der Waals surface area contributed by atoms with Crippen LogP contribution in [0.2, 0.25) is 0 Å². The van der Waals surface area contributed by atoms with E-state index in [2.05, 4.69) is 0 Å². The largest absolute Gasteiger partial charge is 0.508 e. The molecule has 2 atom stereocenters. The van der Waals surface area contributed by atoms with Crippen LogP contribution >= 0.6 is 0 Å². The van der Waals surface area contributed by atoms with Crippen LogP contribution in [-0.2, 0) is 22.7 Å². The van der Waals surface area contributed by atoms with Crippen LogP contribution in [0.25, 0.3) is 0 Å². The molecule has 162 valence electrons. The highest BCUT2D eigenvalue weighted by Gasteiger charge is 2.27. The lowest BCUT2D eigenvalue weighted by atomic mass is 10.0. The number of rotatable bonds is 9. The highest BCUT2D eigenvalue weighted by atomic mass is 16.5. The summed E-state index contributed by atoms with van der Waals surface area (Å²) < 4.78 is 11.2. The van der Waals surface area contributed by atoms with E-state index in [1.54, 1.807) is 31.1 Å². The standard InChI is InChI=1S/C26H29NO4/c1-19(22-11-5-4-6-12-22)27(17-23-13-7-8-15-25(23)28)26(29)20(2)31-18-21-10-9-14-24(16-21)30-3/h4-16,19-20,28H,17-18H2,1-3H3/t19-,20+/m1/s1. The third-order valence-corrected chi connectivity index (χ3v) is 5.35. The van der Waals surface area contributed by atoms with E-state index in [1.165, 1.54) is 0 Å². The minimum atomic E-state index is -0.650. The number of carbonyl (C=O) groups is 1. The summed E-state index contributed by atoms with van der Waals surface area (Å²) in [4.78, 5) is 15.2. The van der Waals surface area contributed by atoms with Crippen molar-refractivity contribution in [3.63, 3.8) is 0 Å². The minimum Gasteiger partial charge on any atom is -0.508 e. The monoisotopic (exact) mass is 419 g/mol. The van der Waals surface area contributed by atoms with Gasteiger partial charge in [0, 0.05) is 12.1 Å². The molecule has 3 aromatic rings. The van der Waals surface area contributed by atoms with Crippen LogP contribution in [0.4, 0.5) is 0 Å². The number of nitrogens with zero attached hydrogens (tertiary/aromatic N) is 1. The van der Waals surface area contributed by atoms with E-state index in [-0.39, 0.29) is 24.2 Å². The molecule has 0 aliphatic rings. The third-order valence-electron chi connectivity index (χ3n) is 5.35. The summed E-state index contributed by atoms with van der Waals surface area (Å²) in [5, 5.41) is 10.3. The van der Waals surface area contributed by atoms with Crippen molar-refractivity contribution in [2.75, 3.05) is 7.11 Å². The fourth-order valence-electron chi connectivity index (χ4n) is 3.43. The molecule has 0 unspecified atom stereocenters. The van der Waals surface area contributed by atoms with Gasteiger partial charge >= 0.3 is 0 Å². The Kier molecular flexibility index (Phi) is 7.68. The molecular formula is C26H29NO4. The molecule has 0 aliphatic heterocycles. The van der Waals surface area contributed by atoms with Gasteiger partial charge < -0.3 is 19.5 Å². The van der Waals surface area contributed by atoms with Gasteiger partial charge in [-0.2, -0.15) is 0 Å². The number of para-hydroxylation sites is 1. The van der Waals surface area contributed by atoms with Gasteiger partial charge in [0.2, 0.25) is 0 Å². The molecule has 0 saturated carbocycles. The number of amides is 1. The number of phenolic OH excluding ortho intramolecular Hbond substituents is 1. The average molecular weight is 420 g/mol. The minimum absolute atomic E-state index is 0.137. The molecule has 5 heteroatoms. The summed E-state index contributed by atoms with van der Waals surface area (Å²) in [6.07, 6.45) is -0.650. The number of aromatic hydroxyl groups is 1. The van der Waals surface area contributed by atoms with Gasteiger partial charge in [0.25, 0.3) is 5.91 Å². The molecule has 1 amide bonds. The Morgan fingerprint density at radius 2 is 1.68 bits per heavy atom. The third kappa shape index (κ3) is 5.86. The highest BCUT2D eigenvalue weighted by molar-refractivity contribution is 5.81. The van der Waals surface area contributed by atoms with E-state index in [0.29, 0.717) is 12.2 Å². The molecule has 1 N–H and O–H groups in total. The van der Waals surface area contributed by atoms with Crippen molar-refractivity contribution in [3.05, 3.63) is 95.6 Å². The predicted molar refractivity (Wildman–Crippen MR) is 121 cm³/mol. The number of phenols is 1. The van der Waals surface area contributed by atoms with Gasteiger partial charge in [0.05, 0.1) is 19.8 Å². The first-order valence-electron chi connectivity index (χ1n) is 10.4. The van der Waals surface area contributed by atoms with Crippen molar-refractivity contribution < 1.29 is 19.4 Å². The summed E-state index contributed by atoms with van der Waals surface area (Å²) in [6, 6.07) is 24.3. The normalized spacial score (nSPS) is 12.7. The zero-order valence-electron chi connectivity index (χ0n) is 18.2. The van der Waals surface area contributed by atoms with Gasteiger partial charge in [-0.3, -0.25) is 4.79 Å². The Balaban J connectivity index is 1.78. The van der Waals surface area contributed by atoms with Crippen molar-refractivity contribution in [1.82, 2.24) is 4.90 Å². The SMILES string of the molecule is COc1cccc(CO[C@@H](C)C(=O)N(Cc2ccccc2O)[C@H](C)c2ccccc2)c1. The van der Waals surface area contributed by atoms with Crippen LogP contribution in [0.15, 0.2) is 78.9 Å². The van der Waals surface area contributed by atoms with E-state index in [1.807, 2.05) is 73.7 Å². The Morgan fingerprint density at radius 3 is 2.39 bits per heavy atom. The topological polar surface area (TPSA) is 59.0 Å². The van der Waals surface area contributed by atoms with E-state index in [0.717, 1.165) is 16.9 Å². The second kappa shape index (κ2) is 10.6. The van der Waals surface area contributed by atoms with E-state index in [4.69, 9.17) is 9.47 Å². The highest BCUT2D eigenvalue weighted by Crippen LogP contribution is 2.27. The Hall–Kier alpha value is -3.31. The molecule has 5 nitrogen and oxygen atoms in total. The first kappa shape index (κ1) is 22.4. The van der Waals surface area contributed by atoms with Crippen molar-refractivity contribution in [2.24, 2.45) is 0 Å². The van der Waals surface area contributed by atoms with Crippen molar-refractivity contribution >= 4 is 5.91 Å². The van der Waals surface area contributed by atoms with Crippen molar-refractivity contribution in [3.8, 4) is 11.5 Å². The summed E-state index contributed by atoms with van der Waals surface area (Å²) in [7, 11) is 1.62. The van der Waals surface area contributed by atoms with Gasteiger partial charge in [0.1, 0.15) is 17.6 Å². The van der Waals surface area contributed by atoms with Crippen LogP contribution < -0.4 is 4.74 Å². The molecule has 0 saturated heterocycles. The maximum Gasteiger partial charge on any atom is 0.252 e. The maximum atomic E-state index is 13.4. The molecule has 0 radical (unpaired) electrons. The maximum absolute atomic E-state index is 13.4. The first-order valence-corrected chi connectivity index (χ1v) is 10.4. The fourth-order valence-corrected chi connectivity index (χ4v) is 3.43. The summed E-state index contributed by atoms with van der Waals surface area (Å²) in [6.45, 7) is 4.34. The number of methoxy groups -OCH3 is 1. The summed E-state index contributed by atoms with van der Waals surface area (Å²) in [5.41, 5.74) is 2.65. The quantitative estimate of drug-likeness (QED) is 0.524. The molecule has 0 spiro atoms. The zero-order chi connectivity index (χ0) is 22.2. The van der Waals surface area contributed by atoms with E-state index < -0.39 is 6.10 Å². The molecule has 0 aromatic heterocycles. The lowest BCUT2D eigenvalue weighted by Gasteiger charge is -2.32. The average Bonchev–Trinajstić information content (AvgIpc) is 2.82. The molecular weight excluding hydrogens is 390 g/mol. The molecule has 0 bridgehead atoms. The van der Waals surface area contributed by atoms with Crippen LogP contribution in [0.1, 0.15) is 36.6 Å². The Bertz CT molecular complexity index is 989. The second-order valence-electron chi connectivity index (χ2n) is 7.49. The smallest absolute Gasteiger partial charge is 0.252 e. The van der Waals surface area contributed by atoms with Gasteiger partial charge in [-0.15, -0.1) is 0 Å². The van der Waals surface area contributed by atoms with Gasteiger partial charge in [0.15, 0.2) is 0 Å². The van der Waals surface area contributed by atoms with E-state index in [9.17, 15) is 9.90 Å². The summed E-state index contributed by atoms with van der Waals surface area (Å²) in [5.74, 6) is 0.784. The van der Waals surface area contributed by atoms with Crippen molar-refractivity contribution in [2.45, 2.75) is 39.1 Å². The first-order chi connectivity index (χ1) is 15.0. The molecule has 0 aliphatic carbocycles. The number of ether oxygens (including phenoxy) is 2. The second-order valence-corrected chi connectivity index (χ2v) is 7.49. The van der Waals surface area contributed by atoms with Crippen molar-refractivity contribution in [1.29, 1.82) is 0 Å². The lowest BCUT2D eigenvalue weighted by Crippen LogP contribution is -2.40. The van der Waals surface area contributed by atoms with Crippen LogP contribution in [0.3, 0.4) is 0 Å². The van der Waals surface area contributed by atoms with Crippen LogP contribution in [0.5, 0.6) is 11.5 Å². The molecule has 3 rings (SSSR count). The Labute approximate surface area is 183 Å². The zero-order valence-corrected chi connectivity index (χ0v) is 18.2. The van der Waals surface area contributed by atoms with Gasteiger partial charge in [-0.1, -0.05) is 60.7 Å². The lowest BCUT2D eigenvalue weighted by molar-refractivity contribution is -0.146. The summed E-state index contributed by atoms with van der Waals surface area (Å²) >= 11 is 0. The number of hydrogen-bond acceptors (Lipinski definition) is 4. The van der Waals surface area contributed by atoms with Gasteiger partial charge in [-0.05, 0) is 43.2 Å². The van der Waals surface area contributed by atoms with E-state index >= 15 is 0 Å². The molecule has 31 heavy (non-hydrogen) atoms. The Morgan fingerprint density at radius 1 is 0.968 bits per heavy atom. The van der Waals surface area contributed by atoms with Crippen LogP contribution in [0, 0.1) is 0 Å². The molecule has 0 fully saturated rings. The molecule has 3 aromatic carbocycles. The molecule has 0 heterocycles. The number of hydrogen-bond donors (Lipinski definition) is 1. The fraction of sp³-hybridized carbons (Fsp3) is 0.269. The number of benzene rings is 3. The van der Waals surface area contributed by atoms with Gasteiger partial charge in [-0.25, -0.2) is 0 Å².